The molecule has 3 rings (SSSR count). The Balaban J connectivity index is 1.71. The van der Waals surface area contributed by atoms with Crippen molar-refractivity contribution in [3.63, 3.8) is 0 Å². The number of halogens is 4. The molecule has 1 saturated heterocycles. The zero-order valence-corrected chi connectivity index (χ0v) is 18.3. The van der Waals surface area contributed by atoms with Crippen LogP contribution in [0.4, 0.5) is 34.0 Å². The van der Waals surface area contributed by atoms with Crippen LogP contribution in [-0.4, -0.2) is 74.2 Å². The fourth-order valence-electron chi connectivity index (χ4n) is 3.64. The number of hydrogen-bond acceptors (Lipinski definition) is 7. The number of nitrogens with zero attached hydrogens (tertiary/aromatic N) is 4. The molecule has 0 spiro atoms. The molecular formula is C21H25F4N5O4. The Morgan fingerprint density at radius 3 is 2.53 bits per heavy atom. The Hall–Kier alpha value is -3.19. The Labute approximate surface area is 192 Å². The van der Waals surface area contributed by atoms with Crippen molar-refractivity contribution in [3.8, 4) is 0 Å². The smallest absolute Gasteiger partial charge is 0.416 e. The highest BCUT2D eigenvalue weighted by Gasteiger charge is 2.42. The lowest BCUT2D eigenvalue weighted by molar-refractivity contribution is -0.137. The number of carboxylic acid groups (broad SMARTS) is 1. The predicted molar refractivity (Wildman–Crippen MR) is 114 cm³/mol. The van der Waals surface area contributed by atoms with Crippen LogP contribution in [0.25, 0.3) is 0 Å². The number of rotatable bonds is 7. The highest BCUT2D eigenvalue weighted by Crippen LogP contribution is 2.30. The van der Waals surface area contributed by atoms with E-state index in [1.54, 1.807) is 6.92 Å². The first-order valence-electron chi connectivity index (χ1n) is 10.5. The maximum Gasteiger partial charge on any atom is 0.416 e. The van der Waals surface area contributed by atoms with Gasteiger partial charge in [-0.1, -0.05) is 12.1 Å². The van der Waals surface area contributed by atoms with Gasteiger partial charge < -0.3 is 30.4 Å². The molecule has 9 nitrogen and oxygen atoms in total. The quantitative estimate of drug-likeness (QED) is 0.440. The average molecular weight is 487 g/mol. The number of aliphatic hydroxyl groups excluding tert-OH is 1. The van der Waals surface area contributed by atoms with Crippen molar-refractivity contribution in [2.24, 2.45) is 0 Å². The summed E-state index contributed by atoms with van der Waals surface area (Å²) in [5.41, 5.74) is -1.97. The Morgan fingerprint density at radius 1 is 1.29 bits per heavy atom. The van der Waals surface area contributed by atoms with Crippen molar-refractivity contribution in [2.75, 3.05) is 36.4 Å². The van der Waals surface area contributed by atoms with Crippen LogP contribution >= 0.6 is 0 Å². The average Bonchev–Trinajstić information content (AvgIpc) is 2.78. The molecule has 1 aromatic carbocycles. The number of piperidine rings is 1. The minimum Gasteiger partial charge on any atom is -0.465 e. The molecule has 0 radical (unpaired) electrons. The van der Waals surface area contributed by atoms with E-state index < -0.39 is 35.4 Å². The molecule has 2 heterocycles. The molecule has 1 aliphatic heterocycles. The number of hydrogen-bond donors (Lipinski definition) is 4. The largest absolute Gasteiger partial charge is 0.465 e. The number of aliphatic hydroxyl groups is 2. The van der Waals surface area contributed by atoms with E-state index in [9.17, 15) is 28.2 Å². The second-order valence-electron chi connectivity index (χ2n) is 8.02. The molecule has 1 amide bonds. The second-order valence-corrected chi connectivity index (χ2v) is 8.02. The normalized spacial score (nSPS) is 20.8. The third kappa shape index (κ3) is 5.65. The minimum absolute atomic E-state index is 0.00117. The number of nitrogens with one attached hydrogen (secondary N) is 1. The van der Waals surface area contributed by atoms with Crippen LogP contribution in [-0.2, 0) is 12.7 Å². The van der Waals surface area contributed by atoms with E-state index in [0.717, 1.165) is 23.4 Å². The molecule has 2 aromatic rings. The summed E-state index contributed by atoms with van der Waals surface area (Å²) >= 11 is 0. The van der Waals surface area contributed by atoms with Gasteiger partial charge in [0.25, 0.3) is 0 Å². The number of likely N-dealkylation sites (tertiary alicyclic amines) is 1. The number of anilines is 2. The summed E-state index contributed by atoms with van der Waals surface area (Å²) in [6.45, 7) is 1.53. The fourth-order valence-corrected chi connectivity index (χ4v) is 3.64. The van der Waals surface area contributed by atoms with Crippen molar-refractivity contribution in [3.05, 3.63) is 47.5 Å². The van der Waals surface area contributed by atoms with Gasteiger partial charge in [0, 0.05) is 26.2 Å². The van der Waals surface area contributed by atoms with E-state index in [1.165, 1.54) is 17.0 Å². The molecule has 186 valence electrons. The van der Waals surface area contributed by atoms with Crippen LogP contribution in [0.15, 0.2) is 30.6 Å². The monoisotopic (exact) mass is 487 g/mol. The topological polar surface area (TPSA) is 122 Å². The van der Waals surface area contributed by atoms with Gasteiger partial charge in [-0.3, -0.25) is 0 Å². The van der Waals surface area contributed by atoms with Gasteiger partial charge >= 0.3 is 12.3 Å². The van der Waals surface area contributed by atoms with Gasteiger partial charge in [0.1, 0.15) is 18.0 Å². The second kappa shape index (κ2) is 9.97. The molecule has 13 heteroatoms. The maximum atomic E-state index is 15.2. The van der Waals surface area contributed by atoms with E-state index in [1.807, 2.05) is 0 Å². The van der Waals surface area contributed by atoms with Crippen LogP contribution < -0.4 is 10.2 Å². The van der Waals surface area contributed by atoms with Gasteiger partial charge in [-0.15, -0.1) is 0 Å². The number of carbonyl (C=O) groups is 1. The highest BCUT2D eigenvalue weighted by atomic mass is 19.4. The van der Waals surface area contributed by atoms with Gasteiger partial charge in [0.15, 0.2) is 11.6 Å². The molecule has 0 bridgehead atoms. The summed E-state index contributed by atoms with van der Waals surface area (Å²) in [7, 11) is 0. The van der Waals surface area contributed by atoms with Crippen molar-refractivity contribution < 1.29 is 37.7 Å². The van der Waals surface area contributed by atoms with Crippen molar-refractivity contribution >= 4 is 17.7 Å². The third-order valence-electron chi connectivity index (χ3n) is 5.77. The molecule has 4 N–H and O–H groups in total. The van der Waals surface area contributed by atoms with Crippen molar-refractivity contribution in [1.82, 2.24) is 14.9 Å². The molecule has 0 aliphatic carbocycles. The maximum absolute atomic E-state index is 15.2. The lowest BCUT2D eigenvalue weighted by atomic mass is 9.88. The molecule has 34 heavy (non-hydrogen) atoms. The molecule has 0 saturated carbocycles. The number of alkyl halides is 3. The molecule has 2 unspecified atom stereocenters. The third-order valence-corrected chi connectivity index (χ3v) is 5.77. The van der Waals surface area contributed by atoms with Gasteiger partial charge in [0.05, 0.1) is 12.1 Å². The van der Waals surface area contributed by atoms with E-state index >= 15 is 4.39 Å². The SMILES string of the molecule is CCN(Cc1ccc(C(F)(F)F)cc1)c1ncnc(NCC2(O)CCN(C(=O)O)CC2O)c1F. The summed E-state index contributed by atoms with van der Waals surface area (Å²) in [5.74, 6) is -1.16. The summed E-state index contributed by atoms with van der Waals surface area (Å²) in [4.78, 5) is 21.3. The van der Waals surface area contributed by atoms with Gasteiger partial charge in [-0.2, -0.15) is 17.6 Å². The lowest BCUT2D eigenvalue weighted by Gasteiger charge is -2.41. The summed E-state index contributed by atoms with van der Waals surface area (Å²) in [6, 6.07) is 4.52. The predicted octanol–water partition coefficient (Wildman–Crippen LogP) is 2.55. The Morgan fingerprint density at radius 2 is 1.97 bits per heavy atom. The van der Waals surface area contributed by atoms with E-state index in [2.05, 4.69) is 15.3 Å². The summed E-state index contributed by atoms with van der Waals surface area (Å²) in [6.07, 6.45) is -6.02. The molecule has 1 aliphatic rings. The zero-order valence-electron chi connectivity index (χ0n) is 18.3. The van der Waals surface area contributed by atoms with Crippen LogP contribution in [0.1, 0.15) is 24.5 Å². The van der Waals surface area contributed by atoms with Crippen LogP contribution in [0.5, 0.6) is 0 Å². The number of benzene rings is 1. The van der Waals surface area contributed by atoms with Gasteiger partial charge in [-0.25, -0.2) is 14.8 Å². The molecular weight excluding hydrogens is 462 g/mol. The fraction of sp³-hybridized carbons (Fsp3) is 0.476. The van der Waals surface area contributed by atoms with Crippen molar-refractivity contribution in [1.29, 1.82) is 0 Å². The summed E-state index contributed by atoms with van der Waals surface area (Å²) < 4.78 is 53.5. The Kier molecular flexibility index (Phi) is 7.46. The number of aromatic nitrogens is 2. The van der Waals surface area contributed by atoms with Crippen LogP contribution in [0.2, 0.25) is 0 Å². The molecule has 1 aromatic heterocycles. The standard InChI is InChI=1S/C21H25F4N5O4/c1-2-29(9-13-3-5-14(6-4-13)21(23,24)25)18-16(22)17(27-12-28-18)26-11-20(34)7-8-30(19(32)33)10-15(20)31/h3-6,12,15,31,34H,2,7-11H2,1H3,(H,32,33)(H,26,27,28). The lowest BCUT2D eigenvalue weighted by Crippen LogP contribution is -2.59. The number of β-amino-alcohol motifs (C(OH)–C–C–N with tert-alkyl or cyclic N) is 1. The first kappa shape index (κ1) is 25.4. The zero-order chi connectivity index (χ0) is 25.1. The first-order valence-corrected chi connectivity index (χ1v) is 10.5. The minimum atomic E-state index is -4.45. The van der Waals surface area contributed by atoms with Crippen LogP contribution in [0, 0.1) is 5.82 Å². The molecule has 2 atom stereocenters. The summed E-state index contributed by atoms with van der Waals surface area (Å²) in [5, 5.41) is 32.6. The number of amides is 1. The Bertz CT molecular complexity index is 1010. The van der Waals surface area contributed by atoms with E-state index in [4.69, 9.17) is 5.11 Å². The molecule has 1 fully saturated rings. The first-order chi connectivity index (χ1) is 15.9. The van der Waals surface area contributed by atoms with E-state index in [-0.39, 0.29) is 44.2 Å². The van der Waals surface area contributed by atoms with Crippen molar-refractivity contribution in [2.45, 2.75) is 37.8 Å². The van der Waals surface area contributed by atoms with Gasteiger partial charge in [-0.05, 0) is 31.0 Å². The van der Waals surface area contributed by atoms with Crippen LogP contribution in [0.3, 0.4) is 0 Å². The van der Waals surface area contributed by atoms with E-state index in [0.29, 0.717) is 12.1 Å². The van der Waals surface area contributed by atoms with Gasteiger partial charge in [0.2, 0.25) is 5.82 Å². The highest BCUT2D eigenvalue weighted by molar-refractivity contribution is 5.65.